The van der Waals surface area contributed by atoms with Crippen LogP contribution in [0.3, 0.4) is 0 Å². The Morgan fingerprint density at radius 1 is 1.05 bits per heavy atom. The molecule has 0 atom stereocenters. The highest BCUT2D eigenvalue weighted by atomic mass is 35.5. The first kappa shape index (κ1) is 15.9. The van der Waals surface area contributed by atoms with Gasteiger partial charge in [0.05, 0.1) is 13.5 Å². The van der Waals surface area contributed by atoms with E-state index in [1.54, 1.807) is 0 Å². The molecule has 0 heterocycles. The Labute approximate surface area is 134 Å². The van der Waals surface area contributed by atoms with Crippen molar-refractivity contribution in [3.63, 3.8) is 0 Å². The van der Waals surface area contributed by atoms with Crippen LogP contribution in [0.4, 0.5) is 0 Å². The van der Waals surface area contributed by atoms with Crippen LogP contribution in [0.25, 0.3) is 0 Å². The van der Waals surface area contributed by atoms with E-state index in [0.29, 0.717) is 6.42 Å². The smallest absolute Gasteiger partial charge is 0.309 e. The van der Waals surface area contributed by atoms with Gasteiger partial charge in [-0.25, -0.2) is 0 Å². The van der Waals surface area contributed by atoms with E-state index in [9.17, 15) is 4.79 Å². The lowest BCUT2D eigenvalue weighted by Gasteiger charge is -2.08. The van der Waals surface area contributed by atoms with Crippen LogP contribution in [-0.2, 0) is 27.5 Å². The number of carbonyl (C=O) groups excluding carboxylic acids is 1. The molecule has 0 aliphatic carbocycles. The Morgan fingerprint density at radius 2 is 1.71 bits per heavy atom. The summed E-state index contributed by atoms with van der Waals surface area (Å²) in [6.07, 6.45) is 0.328. The summed E-state index contributed by atoms with van der Waals surface area (Å²) in [6, 6.07) is 15.9. The topological polar surface area (TPSA) is 26.3 Å². The number of halogens is 1. The van der Waals surface area contributed by atoms with Crippen LogP contribution in [0.1, 0.15) is 16.7 Å². The SMILES string of the molecule is COC(=O)Cc1ccccc1CSCc1ccc(Cl)cc1. The summed E-state index contributed by atoms with van der Waals surface area (Å²) in [5, 5.41) is 0.757. The van der Waals surface area contributed by atoms with Gasteiger partial charge in [0.25, 0.3) is 0 Å². The molecule has 0 aliphatic rings. The van der Waals surface area contributed by atoms with Crippen molar-refractivity contribution in [2.75, 3.05) is 7.11 Å². The Kier molecular flexibility index (Phi) is 6.15. The molecule has 2 aromatic rings. The molecule has 0 N–H and O–H groups in total. The number of esters is 1. The van der Waals surface area contributed by atoms with Crippen LogP contribution in [0.5, 0.6) is 0 Å². The standard InChI is InChI=1S/C17H17ClO2S/c1-20-17(19)10-14-4-2-3-5-15(14)12-21-11-13-6-8-16(18)9-7-13/h2-9H,10-12H2,1H3. The largest absolute Gasteiger partial charge is 0.469 e. The van der Waals surface area contributed by atoms with Crippen molar-refractivity contribution in [2.45, 2.75) is 17.9 Å². The van der Waals surface area contributed by atoms with Crippen molar-refractivity contribution in [2.24, 2.45) is 0 Å². The lowest BCUT2D eigenvalue weighted by Crippen LogP contribution is -2.06. The van der Waals surface area contributed by atoms with Gasteiger partial charge in [0.2, 0.25) is 0 Å². The zero-order valence-corrected chi connectivity index (χ0v) is 13.4. The third kappa shape index (κ3) is 5.10. The number of carbonyl (C=O) groups is 1. The molecule has 0 saturated heterocycles. The lowest BCUT2D eigenvalue weighted by molar-refractivity contribution is -0.139. The number of hydrogen-bond donors (Lipinski definition) is 0. The van der Waals surface area contributed by atoms with Gasteiger partial charge in [0.1, 0.15) is 0 Å². The third-order valence-electron chi connectivity index (χ3n) is 3.12. The van der Waals surface area contributed by atoms with E-state index in [1.807, 2.05) is 54.2 Å². The van der Waals surface area contributed by atoms with Gasteiger partial charge >= 0.3 is 5.97 Å². The molecule has 0 bridgehead atoms. The maximum absolute atomic E-state index is 11.4. The summed E-state index contributed by atoms with van der Waals surface area (Å²) in [6.45, 7) is 0. The fourth-order valence-electron chi connectivity index (χ4n) is 1.96. The van der Waals surface area contributed by atoms with Crippen LogP contribution < -0.4 is 0 Å². The molecular weight excluding hydrogens is 304 g/mol. The Hall–Kier alpha value is -1.45. The van der Waals surface area contributed by atoms with Crippen molar-refractivity contribution in [3.05, 3.63) is 70.2 Å². The molecule has 110 valence electrons. The maximum Gasteiger partial charge on any atom is 0.309 e. The second-order valence-corrected chi connectivity index (χ2v) is 6.06. The second kappa shape index (κ2) is 8.11. The molecule has 0 aromatic heterocycles. The second-order valence-electron chi connectivity index (χ2n) is 4.64. The summed E-state index contributed by atoms with van der Waals surface area (Å²) in [5.74, 6) is 1.59. The van der Waals surface area contributed by atoms with Crippen molar-refractivity contribution in [1.29, 1.82) is 0 Å². The summed E-state index contributed by atoms with van der Waals surface area (Å²) in [5.41, 5.74) is 3.46. The molecule has 0 fully saturated rings. The highest BCUT2D eigenvalue weighted by Gasteiger charge is 2.07. The molecule has 2 aromatic carbocycles. The zero-order chi connectivity index (χ0) is 15.1. The fraction of sp³-hybridized carbons (Fsp3) is 0.235. The van der Waals surface area contributed by atoms with E-state index < -0.39 is 0 Å². The molecule has 0 aliphatic heterocycles. The van der Waals surface area contributed by atoms with E-state index in [4.69, 9.17) is 16.3 Å². The summed E-state index contributed by atoms with van der Waals surface area (Å²) < 4.78 is 4.74. The predicted molar refractivity (Wildman–Crippen MR) is 88.6 cm³/mol. The number of thioether (sulfide) groups is 1. The third-order valence-corrected chi connectivity index (χ3v) is 4.42. The van der Waals surface area contributed by atoms with E-state index in [-0.39, 0.29) is 5.97 Å². The maximum atomic E-state index is 11.4. The number of hydrogen-bond acceptors (Lipinski definition) is 3. The summed E-state index contributed by atoms with van der Waals surface area (Å²) in [7, 11) is 1.42. The minimum Gasteiger partial charge on any atom is -0.469 e. The molecule has 0 spiro atoms. The van der Waals surface area contributed by atoms with Crippen LogP contribution in [0.2, 0.25) is 5.02 Å². The average Bonchev–Trinajstić information content (AvgIpc) is 2.51. The molecule has 0 saturated carbocycles. The van der Waals surface area contributed by atoms with Crippen LogP contribution >= 0.6 is 23.4 Å². The van der Waals surface area contributed by atoms with Gasteiger partial charge in [-0.15, -0.1) is 0 Å². The molecule has 2 rings (SSSR count). The molecule has 0 radical (unpaired) electrons. The molecule has 4 heteroatoms. The van der Waals surface area contributed by atoms with Crippen molar-refractivity contribution >= 4 is 29.3 Å². The highest BCUT2D eigenvalue weighted by Crippen LogP contribution is 2.22. The first-order chi connectivity index (χ1) is 10.2. The van der Waals surface area contributed by atoms with Crippen molar-refractivity contribution in [3.8, 4) is 0 Å². The molecule has 21 heavy (non-hydrogen) atoms. The minimum atomic E-state index is -0.204. The number of benzene rings is 2. The minimum absolute atomic E-state index is 0.204. The summed E-state index contributed by atoms with van der Waals surface area (Å²) in [4.78, 5) is 11.4. The van der Waals surface area contributed by atoms with Crippen LogP contribution in [0, 0.1) is 0 Å². The Bertz CT molecular complexity index is 596. The van der Waals surface area contributed by atoms with E-state index in [2.05, 4.69) is 6.07 Å². The quantitative estimate of drug-likeness (QED) is 0.734. The van der Waals surface area contributed by atoms with E-state index in [0.717, 1.165) is 22.1 Å². The van der Waals surface area contributed by atoms with Gasteiger partial charge in [-0.05, 0) is 28.8 Å². The molecule has 0 amide bonds. The predicted octanol–water partition coefficient (Wildman–Crippen LogP) is 4.49. The molecular formula is C17H17ClO2S. The van der Waals surface area contributed by atoms with Gasteiger partial charge in [-0.2, -0.15) is 11.8 Å². The Morgan fingerprint density at radius 3 is 2.38 bits per heavy atom. The molecule has 0 unspecified atom stereocenters. The van der Waals surface area contributed by atoms with E-state index >= 15 is 0 Å². The number of ether oxygens (including phenoxy) is 1. The zero-order valence-electron chi connectivity index (χ0n) is 11.8. The average molecular weight is 321 g/mol. The van der Waals surface area contributed by atoms with Crippen LogP contribution in [0.15, 0.2) is 48.5 Å². The number of methoxy groups -OCH3 is 1. The van der Waals surface area contributed by atoms with Gasteiger partial charge in [0, 0.05) is 16.5 Å². The van der Waals surface area contributed by atoms with Crippen molar-refractivity contribution < 1.29 is 9.53 Å². The van der Waals surface area contributed by atoms with Gasteiger partial charge in [0.15, 0.2) is 0 Å². The molecule has 2 nitrogen and oxygen atoms in total. The lowest BCUT2D eigenvalue weighted by atomic mass is 10.1. The fourth-order valence-corrected chi connectivity index (χ4v) is 3.12. The first-order valence-electron chi connectivity index (χ1n) is 6.65. The summed E-state index contributed by atoms with van der Waals surface area (Å²) >= 11 is 7.69. The highest BCUT2D eigenvalue weighted by molar-refractivity contribution is 7.97. The van der Waals surface area contributed by atoms with Crippen molar-refractivity contribution in [1.82, 2.24) is 0 Å². The number of rotatable bonds is 6. The first-order valence-corrected chi connectivity index (χ1v) is 8.18. The van der Waals surface area contributed by atoms with Crippen LogP contribution in [-0.4, -0.2) is 13.1 Å². The van der Waals surface area contributed by atoms with Gasteiger partial charge in [-0.3, -0.25) is 4.79 Å². The monoisotopic (exact) mass is 320 g/mol. The normalized spacial score (nSPS) is 10.4. The van der Waals surface area contributed by atoms with Gasteiger partial charge in [-0.1, -0.05) is 48.0 Å². The van der Waals surface area contributed by atoms with E-state index in [1.165, 1.54) is 18.2 Å². The van der Waals surface area contributed by atoms with Gasteiger partial charge < -0.3 is 4.74 Å². The Balaban J connectivity index is 1.93.